The van der Waals surface area contributed by atoms with E-state index in [0.29, 0.717) is 0 Å². The maximum Gasteiger partial charge on any atom is 3.00 e. The van der Waals surface area contributed by atoms with E-state index >= 15 is 0 Å². The van der Waals surface area contributed by atoms with Gasteiger partial charge in [-0.3, -0.25) is 0 Å². The molecule has 0 aromatic carbocycles. The third kappa shape index (κ3) is 20.8. The zero-order chi connectivity index (χ0) is 18.2. The van der Waals surface area contributed by atoms with E-state index in [9.17, 15) is 39.5 Å². The van der Waals surface area contributed by atoms with Gasteiger partial charge < -0.3 is 29.7 Å². The molecule has 0 amide bonds. The Bertz CT molecular complexity index is 313. The summed E-state index contributed by atoms with van der Waals surface area (Å²) in [7, 11) is 0. The van der Waals surface area contributed by atoms with Gasteiger partial charge in [-0.2, -0.15) is 39.5 Å². The number of hydrogen-bond donors (Lipinski definition) is 0. The molecule has 0 N–H and O–H groups in total. The molecule has 0 saturated carbocycles. The Hall–Kier alpha value is -1.51. The maximum atomic E-state index is 10.5. The van der Waals surface area contributed by atoms with Gasteiger partial charge >= 0.3 is 40.2 Å². The van der Waals surface area contributed by atoms with E-state index in [4.69, 9.17) is 29.7 Å². The van der Waals surface area contributed by atoms with Crippen molar-refractivity contribution < 1.29 is 90.9 Å². The number of carbonyl (C=O) groups excluding carboxylic acids is 3. The van der Waals surface area contributed by atoms with Crippen LogP contribution in [-0.4, -0.2) is 36.4 Å². The molecule has 0 aliphatic carbocycles. The molecule has 0 bridgehead atoms. The van der Waals surface area contributed by atoms with Crippen molar-refractivity contribution in [1.82, 2.24) is 0 Å². The van der Waals surface area contributed by atoms with Gasteiger partial charge in [0.25, 0.3) is 0 Å². The van der Waals surface area contributed by atoms with Crippen molar-refractivity contribution in [1.29, 1.82) is 0 Å². The molecule has 0 rings (SSSR count). The first-order valence-electron chi connectivity index (χ1n) is 3.68. The summed E-state index contributed by atoms with van der Waals surface area (Å²) in [4.78, 5) is 26.4. The van der Waals surface area contributed by atoms with Crippen LogP contribution in [0.1, 0.15) is 0 Å². The first-order valence-corrected chi connectivity index (χ1v) is 3.68. The topological polar surface area (TPSA) is 120 Å². The van der Waals surface area contributed by atoms with Gasteiger partial charge in [0.05, 0.1) is 0 Å². The van der Waals surface area contributed by atoms with Crippen LogP contribution in [0.15, 0.2) is 0 Å². The number of rotatable bonds is 0. The summed E-state index contributed by atoms with van der Waals surface area (Å²) in [5.74, 6) is -9.02. The molecule has 0 aliphatic heterocycles. The quantitative estimate of drug-likeness (QED) is 0.347. The zero-order valence-electron chi connectivity index (χ0n) is 9.35. The molecule has 22 heavy (non-hydrogen) atoms. The first kappa shape index (κ1) is 28.6. The number of hydrogen-bond acceptors (Lipinski definition) is 6. The van der Waals surface area contributed by atoms with E-state index in [1.807, 2.05) is 0 Å². The van der Waals surface area contributed by atoms with Gasteiger partial charge in [-0.25, -0.2) is 0 Å². The van der Waals surface area contributed by atoms with Gasteiger partial charge in [-0.05, 0) is 0 Å². The molecule has 0 aromatic heterocycles. The minimum Gasteiger partial charge on any atom is -0.542 e. The molecule has 0 aromatic rings. The normalized spacial score (nSPS) is 10.8. The predicted octanol–water partition coefficient (Wildman–Crippen LogP) is -2.11. The molecule has 0 aliphatic rings. The largest absolute Gasteiger partial charge is 3.00 e. The van der Waals surface area contributed by atoms with Crippen molar-refractivity contribution in [2.45, 2.75) is 18.5 Å². The van der Waals surface area contributed by atoms with Crippen LogP contribution in [0.25, 0.3) is 0 Å². The van der Waals surface area contributed by atoms with Gasteiger partial charge in [0.1, 0.15) is 17.9 Å². The Balaban J connectivity index is -0.000000108. The van der Waals surface area contributed by atoms with Gasteiger partial charge in [-0.15, -0.1) is 0 Å². The summed E-state index contributed by atoms with van der Waals surface area (Å²) in [5, 5.41) is 26.4. The molecule has 0 unspecified atom stereocenters. The van der Waals surface area contributed by atoms with Crippen LogP contribution in [0.3, 0.4) is 0 Å². The van der Waals surface area contributed by atoms with Crippen LogP contribution in [0.2, 0.25) is 0 Å². The van der Waals surface area contributed by atoms with E-state index in [-0.39, 0.29) is 21.7 Å². The number of halogens is 9. The minimum absolute atomic E-state index is 0. The van der Waals surface area contributed by atoms with Crippen molar-refractivity contribution in [3.05, 3.63) is 0 Å². The number of alkyl halides is 9. The SMILES string of the molecule is O=C([O-])C(F)(F)F.O=C([O-])C(F)(F)F.O=C([O-])C(F)(F)F.[Ti+3]. The summed E-state index contributed by atoms with van der Waals surface area (Å²) < 4.78 is 94.6. The van der Waals surface area contributed by atoms with Crippen molar-refractivity contribution in [3.8, 4) is 0 Å². The molecule has 16 heteroatoms. The second-order valence-corrected chi connectivity index (χ2v) is 2.36. The molecule has 127 valence electrons. The molecule has 0 atom stereocenters. The number of carboxylic acid groups (broad SMARTS) is 3. The van der Waals surface area contributed by atoms with E-state index in [1.165, 1.54) is 0 Å². The van der Waals surface area contributed by atoms with E-state index in [1.54, 1.807) is 0 Å². The first-order chi connectivity index (χ1) is 8.83. The average Bonchev–Trinajstić information content (AvgIpc) is 2.14. The fraction of sp³-hybridized carbons (Fsp3) is 0.500. The third-order valence-corrected chi connectivity index (χ3v) is 0.694. The Morgan fingerprint density at radius 2 is 0.545 bits per heavy atom. The van der Waals surface area contributed by atoms with Crippen molar-refractivity contribution in [2.24, 2.45) is 0 Å². The molecule has 0 saturated heterocycles. The van der Waals surface area contributed by atoms with Crippen LogP contribution in [0, 0.1) is 0 Å². The van der Waals surface area contributed by atoms with Crippen LogP contribution in [-0.2, 0) is 36.1 Å². The zero-order valence-corrected chi connectivity index (χ0v) is 10.9. The smallest absolute Gasteiger partial charge is 0.542 e. The number of aliphatic carboxylic acids is 3. The molecule has 1 radical (unpaired) electrons. The molecular weight excluding hydrogens is 387 g/mol. The second-order valence-electron chi connectivity index (χ2n) is 2.36. The molecule has 0 heterocycles. The average molecular weight is 387 g/mol. The second kappa shape index (κ2) is 10.3. The Labute approximate surface area is 128 Å². The van der Waals surface area contributed by atoms with Crippen molar-refractivity contribution >= 4 is 17.9 Å². The maximum absolute atomic E-state index is 10.5. The van der Waals surface area contributed by atoms with Gasteiger partial charge in [0, 0.05) is 0 Å². The fourth-order valence-corrected chi connectivity index (χ4v) is 0. The third-order valence-electron chi connectivity index (χ3n) is 0.694. The van der Waals surface area contributed by atoms with Crippen LogP contribution >= 0.6 is 0 Å². The summed E-state index contributed by atoms with van der Waals surface area (Å²) in [6.45, 7) is 0. The van der Waals surface area contributed by atoms with E-state index < -0.39 is 36.4 Å². The monoisotopic (exact) mass is 387 g/mol. The number of carbonyl (C=O) groups is 3. The molecule has 6 nitrogen and oxygen atoms in total. The fourth-order valence-electron chi connectivity index (χ4n) is 0. The van der Waals surface area contributed by atoms with Crippen LogP contribution in [0.4, 0.5) is 39.5 Å². The van der Waals surface area contributed by atoms with Gasteiger partial charge in [0.2, 0.25) is 0 Å². The number of carboxylic acids is 3. The molecule has 0 fully saturated rings. The summed E-state index contributed by atoms with van der Waals surface area (Å²) in [5.41, 5.74) is 0. The van der Waals surface area contributed by atoms with E-state index in [0.717, 1.165) is 0 Å². The van der Waals surface area contributed by atoms with Crippen molar-refractivity contribution in [3.63, 3.8) is 0 Å². The molecule has 0 spiro atoms. The minimum atomic E-state index is -5.19. The van der Waals surface area contributed by atoms with E-state index in [2.05, 4.69) is 0 Å². The van der Waals surface area contributed by atoms with Crippen LogP contribution < -0.4 is 15.3 Å². The Morgan fingerprint density at radius 3 is 0.545 bits per heavy atom. The standard InChI is InChI=1S/3C2HF3O2.Ti/c3*3-2(4,5)1(6)7;/h3*(H,6,7);/q;;;+3/p-3. The Kier molecular flexibility index (Phi) is 13.3. The van der Waals surface area contributed by atoms with Crippen LogP contribution in [0.5, 0.6) is 0 Å². The summed E-state index contributed by atoms with van der Waals surface area (Å²) in [6, 6.07) is 0. The van der Waals surface area contributed by atoms with Gasteiger partial charge in [0.15, 0.2) is 0 Å². The van der Waals surface area contributed by atoms with Gasteiger partial charge in [-0.1, -0.05) is 0 Å². The summed E-state index contributed by atoms with van der Waals surface area (Å²) >= 11 is 0. The molecular formula is C6F9O6Ti. The Morgan fingerprint density at radius 1 is 0.500 bits per heavy atom. The summed E-state index contributed by atoms with van der Waals surface area (Å²) in [6.07, 6.45) is -15.6. The van der Waals surface area contributed by atoms with Crippen molar-refractivity contribution in [2.75, 3.05) is 0 Å². The predicted molar refractivity (Wildman–Crippen MR) is 33.2 cm³/mol.